The normalized spacial score (nSPS) is 11.8. The predicted octanol–water partition coefficient (Wildman–Crippen LogP) is 5.67. The molecule has 0 aliphatic carbocycles. The molecule has 0 aliphatic heterocycles. The zero-order valence-electron chi connectivity index (χ0n) is 20.1. The van der Waals surface area contributed by atoms with E-state index in [-0.39, 0.29) is 6.04 Å². The van der Waals surface area contributed by atoms with E-state index in [1.54, 1.807) is 25.6 Å². The van der Waals surface area contributed by atoms with Crippen LogP contribution in [0, 0.1) is 6.92 Å². The summed E-state index contributed by atoms with van der Waals surface area (Å²) in [6.45, 7) is 4.33. The SMILES string of the molecule is COc1ccc2nc(C)nc(NC(C)c3ccc(-c4ccccc4CCNC(=O)O)s3)c2c1OC. The number of aromatic nitrogens is 2. The second kappa shape index (κ2) is 10.6. The van der Waals surface area contributed by atoms with Crippen LogP contribution in [0.4, 0.5) is 10.6 Å². The van der Waals surface area contributed by atoms with Crippen LogP contribution in [0.15, 0.2) is 48.5 Å². The van der Waals surface area contributed by atoms with Gasteiger partial charge in [0.2, 0.25) is 0 Å². The highest BCUT2D eigenvalue weighted by Gasteiger charge is 2.19. The van der Waals surface area contributed by atoms with Crippen molar-refractivity contribution in [2.24, 2.45) is 0 Å². The number of rotatable bonds is 9. The topological polar surface area (TPSA) is 106 Å². The Morgan fingerprint density at radius 1 is 1.09 bits per heavy atom. The van der Waals surface area contributed by atoms with E-state index >= 15 is 0 Å². The van der Waals surface area contributed by atoms with Crippen molar-refractivity contribution in [3.8, 4) is 21.9 Å². The third-order valence-corrected chi connectivity index (χ3v) is 6.98. The average Bonchev–Trinajstić information content (AvgIpc) is 3.33. The Bertz CT molecular complexity index is 1350. The number of nitrogens with one attached hydrogen (secondary N) is 2. The maximum atomic E-state index is 10.8. The zero-order chi connectivity index (χ0) is 24.9. The summed E-state index contributed by atoms with van der Waals surface area (Å²) in [7, 11) is 3.22. The van der Waals surface area contributed by atoms with Crippen LogP contribution in [0.3, 0.4) is 0 Å². The molecule has 182 valence electrons. The molecular weight excluding hydrogens is 464 g/mol. The molecule has 1 unspecified atom stereocenters. The van der Waals surface area contributed by atoms with Gasteiger partial charge >= 0.3 is 6.09 Å². The van der Waals surface area contributed by atoms with Gasteiger partial charge in [-0.1, -0.05) is 24.3 Å². The van der Waals surface area contributed by atoms with Crippen molar-refractivity contribution in [1.82, 2.24) is 15.3 Å². The predicted molar refractivity (Wildman–Crippen MR) is 139 cm³/mol. The largest absolute Gasteiger partial charge is 0.493 e. The highest BCUT2D eigenvalue weighted by molar-refractivity contribution is 7.15. The quantitative estimate of drug-likeness (QED) is 0.277. The van der Waals surface area contributed by atoms with Crippen LogP contribution < -0.4 is 20.1 Å². The number of nitrogens with zero attached hydrogens (tertiary/aromatic N) is 2. The van der Waals surface area contributed by atoms with Crippen LogP contribution in [0.1, 0.15) is 29.2 Å². The minimum absolute atomic E-state index is 0.0250. The molecule has 1 atom stereocenters. The standard InChI is InChI=1S/C26H28N4O4S/c1-15(28-25-23-19(29-16(2)30-25)9-10-20(33-3)24(23)34-4)21-11-12-22(35-21)18-8-6-5-7-17(18)13-14-27-26(31)32/h5-12,15,27H,13-14H2,1-4H3,(H,31,32)(H,28,29,30). The molecule has 0 fully saturated rings. The molecule has 8 nitrogen and oxygen atoms in total. The molecule has 4 aromatic rings. The van der Waals surface area contributed by atoms with Crippen LogP contribution in [0.2, 0.25) is 0 Å². The molecule has 0 radical (unpaired) electrons. The van der Waals surface area contributed by atoms with E-state index in [4.69, 9.17) is 14.6 Å². The number of hydrogen-bond acceptors (Lipinski definition) is 7. The summed E-state index contributed by atoms with van der Waals surface area (Å²) >= 11 is 1.70. The van der Waals surface area contributed by atoms with E-state index in [0.29, 0.717) is 36.1 Å². The molecule has 0 aliphatic rings. The summed E-state index contributed by atoms with van der Waals surface area (Å²) in [5, 5.41) is 15.6. The number of benzene rings is 2. The number of hydrogen-bond donors (Lipinski definition) is 3. The first-order chi connectivity index (χ1) is 16.9. The first kappa shape index (κ1) is 24.3. The van der Waals surface area contributed by atoms with Gasteiger partial charge in [-0.05, 0) is 55.7 Å². The molecule has 1 amide bonds. The summed E-state index contributed by atoms with van der Waals surface area (Å²) in [6, 6.07) is 16.0. The van der Waals surface area contributed by atoms with Crippen molar-refractivity contribution in [2.75, 3.05) is 26.1 Å². The second-order valence-electron chi connectivity index (χ2n) is 8.02. The number of carboxylic acid groups (broad SMARTS) is 1. The molecule has 0 saturated carbocycles. The summed E-state index contributed by atoms with van der Waals surface area (Å²) in [4.78, 5) is 22.3. The molecule has 4 rings (SSSR count). The molecule has 2 heterocycles. The zero-order valence-corrected chi connectivity index (χ0v) is 20.9. The number of thiophene rings is 1. The number of carbonyl (C=O) groups is 1. The number of anilines is 1. The Hall–Kier alpha value is -3.85. The van der Waals surface area contributed by atoms with Crippen molar-refractivity contribution in [2.45, 2.75) is 26.3 Å². The average molecular weight is 493 g/mol. The number of amides is 1. The van der Waals surface area contributed by atoms with Crippen molar-refractivity contribution in [1.29, 1.82) is 0 Å². The lowest BCUT2D eigenvalue weighted by Crippen LogP contribution is -2.23. The molecule has 0 spiro atoms. The minimum Gasteiger partial charge on any atom is -0.493 e. The van der Waals surface area contributed by atoms with Gasteiger partial charge in [-0.25, -0.2) is 14.8 Å². The van der Waals surface area contributed by atoms with Crippen molar-refractivity contribution >= 4 is 34.2 Å². The summed E-state index contributed by atoms with van der Waals surface area (Å²) in [6.07, 6.45) is -0.389. The van der Waals surface area contributed by atoms with Crippen molar-refractivity contribution < 1.29 is 19.4 Å². The van der Waals surface area contributed by atoms with Gasteiger partial charge < -0.3 is 25.2 Å². The fraction of sp³-hybridized carbons (Fsp3) is 0.269. The van der Waals surface area contributed by atoms with Crippen LogP contribution in [-0.2, 0) is 6.42 Å². The lowest BCUT2D eigenvalue weighted by atomic mass is 10.0. The van der Waals surface area contributed by atoms with E-state index in [2.05, 4.69) is 45.7 Å². The van der Waals surface area contributed by atoms with Gasteiger partial charge in [0.05, 0.1) is 31.2 Å². The molecular formula is C26H28N4O4S. The minimum atomic E-state index is -1.01. The Kier molecular flexibility index (Phi) is 7.36. The van der Waals surface area contributed by atoms with E-state index in [9.17, 15) is 4.79 Å². The van der Waals surface area contributed by atoms with E-state index in [1.807, 2.05) is 37.3 Å². The van der Waals surface area contributed by atoms with Gasteiger partial charge in [0.25, 0.3) is 0 Å². The molecule has 35 heavy (non-hydrogen) atoms. The van der Waals surface area contributed by atoms with Crippen LogP contribution in [0.25, 0.3) is 21.3 Å². The highest BCUT2D eigenvalue weighted by Crippen LogP contribution is 2.40. The highest BCUT2D eigenvalue weighted by atomic mass is 32.1. The third-order valence-electron chi connectivity index (χ3n) is 5.68. The van der Waals surface area contributed by atoms with Crippen LogP contribution in [0.5, 0.6) is 11.5 Å². The maximum absolute atomic E-state index is 10.8. The number of ether oxygens (including phenoxy) is 2. The van der Waals surface area contributed by atoms with Crippen LogP contribution in [-0.4, -0.2) is 41.9 Å². The van der Waals surface area contributed by atoms with Gasteiger partial charge in [-0.2, -0.15) is 0 Å². The number of methoxy groups -OCH3 is 2. The van der Waals surface area contributed by atoms with Gasteiger partial charge in [-0.3, -0.25) is 0 Å². The van der Waals surface area contributed by atoms with Gasteiger partial charge in [0.1, 0.15) is 11.6 Å². The Balaban J connectivity index is 1.62. The monoisotopic (exact) mass is 492 g/mol. The number of fused-ring (bicyclic) bond motifs is 1. The van der Waals surface area contributed by atoms with Crippen LogP contribution >= 0.6 is 11.3 Å². The molecule has 0 saturated heterocycles. The number of aryl methyl sites for hydroxylation is 1. The summed E-state index contributed by atoms with van der Waals surface area (Å²) in [5.41, 5.74) is 2.99. The Labute approximate surface area is 208 Å². The lowest BCUT2D eigenvalue weighted by molar-refractivity contribution is 0.194. The first-order valence-corrected chi connectivity index (χ1v) is 12.0. The van der Waals surface area contributed by atoms with Crippen molar-refractivity contribution in [3.63, 3.8) is 0 Å². The molecule has 3 N–H and O–H groups in total. The fourth-order valence-electron chi connectivity index (χ4n) is 4.05. The van der Waals surface area contributed by atoms with E-state index < -0.39 is 6.09 Å². The van der Waals surface area contributed by atoms with E-state index in [1.165, 1.54) is 0 Å². The van der Waals surface area contributed by atoms with E-state index in [0.717, 1.165) is 31.8 Å². The van der Waals surface area contributed by atoms with Gasteiger partial charge in [0, 0.05) is 16.3 Å². The second-order valence-corrected chi connectivity index (χ2v) is 9.14. The Morgan fingerprint density at radius 2 is 1.89 bits per heavy atom. The first-order valence-electron chi connectivity index (χ1n) is 11.2. The molecule has 9 heteroatoms. The fourth-order valence-corrected chi connectivity index (χ4v) is 5.12. The lowest BCUT2D eigenvalue weighted by Gasteiger charge is -2.18. The maximum Gasteiger partial charge on any atom is 0.404 e. The third kappa shape index (κ3) is 5.30. The van der Waals surface area contributed by atoms with Gasteiger partial charge in [0.15, 0.2) is 11.5 Å². The molecule has 2 aromatic carbocycles. The van der Waals surface area contributed by atoms with Crippen molar-refractivity contribution in [3.05, 3.63) is 64.8 Å². The Morgan fingerprint density at radius 3 is 2.63 bits per heavy atom. The van der Waals surface area contributed by atoms with Gasteiger partial charge in [-0.15, -0.1) is 11.3 Å². The molecule has 0 bridgehead atoms. The summed E-state index contributed by atoms with van der Waals surface area (Å²) < 4.78 is 11.1. The smallest absolute Gasteiger partial charge is 0.404 e. The molecule has 2 aromatic heterocycles. The summed E-state index contributed by atoms with van der Waals surface area (Å²) in [5.74, 6) is 2.56.